The number of nitrogens with zero attached hydrogens (tertiary/aromatic N) is 3. The second kappa shape index (κ2) is 9.37. The average Bonchev–Trinajstić information content (AvgIpc) is 3.48. The number of hydrogen-bond acceptors (Lipinski definition) is 2. The summed E-state index contributed by atoms with van der Waals surface area (Å²) < 4.78 is 2.04. The van der Waals surface area contributed by atoms with Crippen LogP contribution in [0.15, 0.2) is 36.5 Å². The Balaban J connectivity index is 1.74. The zero-order valence-corrected chi connectivity index (χ0v) is 18.8. The lowest BCUT2D eigenvalue weighted by molar-refractivity contribution is -0.133. The third kappa shape index (κ3) is 5.04. The topological polar surface area (TPSA) is 57.6 Å². The Morgan fingerprint density at radius 2 is 1.93 bits per heavy atom. The molecule has 1 aromatic heterocycles. The highest BCUT2D eigenvalue weighted by Gasteiger charge is 2.35. The molecular weight excluding hydrogens is 376 g/mol. The monoisotopic (exact) mass is 410 g/mol. The van der Waals surface area contributed by atoms with Gasteiger partial charge in [0.15, 0.2) is 0 Å². The van der Waals surface area contributed by atoms with Gasteiger partial charge in [0.05, 0.1) is 6.54 Å². The Hall–Kier alpha value is -2.76. The summed E-state index contributed by atoms with van der Waals surface area (Å²) in [5.74, 6) is 0.00936. The molecule has 0 spiro atoms. The largest absolute Gasteiger partial charge is 0.353 e. The smallest absolute Gasteiger partial charge is 0.322 e. The lowest BCUT2D eigenvalue weighted by Gasteiger charge is -2.31. The van der Waals surface area contributed by atoms with Gasteiger partial charge in [-0.05, 0) is 69.4 Å². The number of urea groups is 1. The van der Waals surface area contributed by atoms with Crippen LogP contribution >= 0.6 is 0 Å². The lowest BCUT2D eigenvalue weighted by atomic mass is 10.1. The fourth-order valence-electron chi connectivity index (χ4n) is 3.60. The Morgan fingerprint density at radius 3 is 2.53 bits per heavy atom. The molecule has 1 heterocycles. The van der Waals surface area contributed by atoms with Crippen molar-refractivity contribution in [2.24, 2.45) is 7.05 Å². The van der Waals surface area contributed by atoms with E-state index in [0.29, 0.717) is 6.54 Å². The van der Waals surface area contributed by atoms with E-state index in [2.05, 4.69) is 5.32 Å². The number of amides is 3. The van der Waals surface area contributed by atoms with Crippen molar-refractivity contribution in [3.8, 4) is 0 Å². The Kier molecular flexibility index (Phi) is 6.85. The molecule has 1 saturated carbocycles. The van der Waals surface area contributed by atoms with E-state index in [0.717, 1.165) is 41.8 Å². The van der Waals surface area contributed by atoms with Gasteiger partial charge in [0.25, 0.3) is 0 Å². The van der Waals surface area contributed by atoms with Gasteiger partial charge in [0.2, 0.25) is 5.91 Å². The van der Waals surface area contributed by atoms with Gasteiger partial charge < -0.3 is 19.7 Å². The minimum Gasteiger partial charge on any atom is -0.353 e. The first-order chi connectivity index (χ1) is 14.3. The number of rotatable bonds is 8. The number of benzene rings is 1. The summed E-state index contributed by atoms with van der Waals surface area (Å²) >= 11 is 0. The fraction of sp³-hybridized carbons (Fsp3) is 0.500. The molecule has 6 nitrogen and oxygen atoms in total. The van der Waals surface area contributed by atoms with E-state index in [1.54, 1.807) is 4.90 Å². The summed E-state index contributed by atoms with van der Waals surface area (Å²) in [5.41, 5.74) is 4.07. The van der Waals surface area contributed by atoms with Crippen LogP contribution in [0.2, 0.25) is 0 Å². The van der Waals surface area contributed by atoms with Crippen molar-refractivity contribution in [2.75, 3.05) is 11.9 Å². The van der Waals surface area contributed by atoms with E-state index < -0.39 is 0 Å². The van der Waals surface area contributed by atoms with Gasteiger partial charge >= 0.3 is 6.03 Å². The number of hydrogen-bond donors (Lipinski definition) is 1. The number of anilines is 1. The van der Waals surface area contributed by atoms with Crippen molar-refractivity contribution in [2.45, 2.75) is 65.6 Å². The Bertz CT molecular complexity index is 900. The molecule has 162 valence electrons. The molecule has 1 aliphatic carbocycles. The van der Waals surface area contributed by atoms with Gasteiger partial charge in [-0.3, -0.25) is 4.79 Å². The van der Waals surface area contributed by atoms with Crippen LogP contribution in [0.1, 0.15) is 49.9 Å². The number of carbonyl (C=O) groups is 2. The summed E-state index contributed by atoms with van der Waals surface area (Å²) in [6.45, 7) is 8.73. The van der Waals surface area contributed by atoms with Crippen molar-refractivity contribution >= 4 is 17.6 Å². The average molecular weight is 411 g/mol. The van der Waals surface area contributed by atoms with E-state index in [9.17, 15) is 9.59 Å². The molecule has 2 aromatic rings. The van der Waals surface area contributed by atoms with Crippen LogP contribution in [0.4, 0.5) is 10.5 Å². The first-order valence-corrected chi connectivity index (χ1v) is 10.8. The summed E-state index contributed by atoms with van der Waals surface area (Å²) in [5, 5.41) is 3.02. The van der Waals surface area contributed by atoms with Crippen LogP contribution in [0.5, 0.6) is 0 Å². The Morgan fingerprint density at radius 1 is 1.20 bits per heavy atom. The maximum absolute atomic E-state index is 13.3. The molecule has 30 heavy (non-hydrogen) atoms. The minimum atomic E-state index is -0.221. The van der Waals surface area contributed by atoms with Gasteiger partial charge in [-0.1, -0.05) is 19.1 Å². The molecule has 0 aliphatic heterocycles. The molecule has 1 fully saturated rings. The number of aromatic nitrogens is 1. The van der Waals surface area contributed by atoms with Gasteiger partial charge in [-0.15, -0.1) is 0 Å². The molecule has 3 rings (SSSR count). The molecule has 3 amide bonds. The fourth-order valence-corrected chi connectivity index (χ4v) is 3.60. The third-order valence-electron chi connectivity index (χ3n) is 6.23. The van der Waals surface area contributed by atoms with Crippen molar-refractivity contribution in [3.63, 3.8) is 0 Å². The molecule has 0 unspecified atom stereocenters. The van der Waals surface area contributed by atoms with E-state index in [-0.39, 0.29) is 30.6 Å². The lowest BCUT2D eigenvalue weighted by Crippen LogP contribution is -2.48. The quantitative estimate of drug-likeness (QED) is 0.698. The van der Waals surface area contributed by atoms with Crippen molar-refractivity contribution in [1.29, 1.82) is 0 Å². The summed E-state index contributed by atoms with van der Waals surface area (Å²) in [7, 11) is 1.99. The third-order valence-corrected chi connectivity index (χ3v) is 6.23. The maximum atomic E-state index is 13.3. The maximum Gasteiger partial charge on any atom is 0.322 e. The highest BCUT2D eigenvalue weighted by atomic mass is 16.2. The molecule has 1 aliphatic rings. The molecule has 0 radical (unpaired) electrons. The molecule has 0 bridgehead atoms. The SMILES string of the molecule is CC[C@H](C)N(CC(=O)N(Cc1cccn1C)C1CC1)C(=O)Nc1cccc(C)c1C. The van der Waals surface area contributed by atoms with Gasteiger partial charge in [-0.25, -0.2) is 4.79 Å². The molecule has 1 N–H and O–H groups in total. The highest BCUT2D eigenvalue weighted by Crippen LogP contribution is 2.29. The second-order valence-corrected chi connectivity index (χ2v) is 8.43. The van der Waals surface area contributed by atoms with Crippen LogP contribution in [0, 0.1) is 13.8 Å². The minimum absolute atomic E-state index is 0.00936. The van der Waals surface area contributed by atoms with E-state index in [4.69, 9.17) is 0 Å². The molecule has 1 aromatic carbocycles. The number of nitrogens with one attached hydrogen (secondary N) is 1. The van der Waals surface area contributed by atoms with E-state index in [1.165, 1.54) is 0 Å². The number of aryl methyl sites for hydroxylation is 2. The van der Waals surface area contributed by atoms with Gasteiger partial charge in [-0.2, -0.15) is 0 Å². The van der Waals surface area contributed by atoms with Crippen molar-refractivity contribution in [3.05, 3.63) is 53.3 Å². The standard InChI is InChI=1S/C24H34N4O2/c1-6-18(3)27(24(30)25-22-11-7-9-17(2)19(22)4)16-23(29)28(20-12-13-20)15-21-10-8-14-26(21)5/h7-11,14,18,20H,6,12-13,15-16H2,1-5H3,(H,25,30)/t18-/m0/s1. The molecule has 0 saturated heterocycles. The van der Waals surface area contributed by atoms with E-state index >= 15 is 0 Å². The normalized spacial score (nSPS) is 14.3. The van der Waals surface area contributed by atoms with Gasteiger partial charge in [0.1, 0.15) is 6.54 Å². The number of carbonyl (C=O) groups excluding carboxylic acids is 2. The second-order valence-electron chi connectivity index (χ2n) is 8.43. The predicted octanol–water partition coefficient (Wildman–Crippen LogP) is 4.47. The van der Waals surface area contributed by atoms with Crippen molar-refractivity contribution < 1.29 is 9.59 Å². The molecule has 6 heteroatoms. The summed E-state index contributed by atoms with van der Waals surface area (Å²) in [6, 6.07) is 9.94. The van der Waals surface area contributed by atoms with E-state index in [1.807, 2.05) is 80.7 Å². The van der Waals surface area contributed by atoms with Gasteiger partial charge in [0, 0.05) is 36.7 Å². The van der Waals surface area contributed by atoms with Crippen LogP contribution < -0.4 is 5.32 Å². The Labute approximate surface area is 179 Å². The van der Waals surface area contributed by atoms with Crippen LogP contribution in [0.3, 0.4) is 0 Å². The zero-order chi connectivity index (χ0) is 21.8. The predicted molar refractivity (Wildman–Crippen MR) is 120 cm³/mol. The van der Waals surface area contributed by atoms with Crippen LogP contribution in [0.25, 0.3) is 0 Å². The van der Waals surface area contributed by atoms with Crippen LogP contribution in [-0.2, 0) is 18.4 Å². The van der Waals surface area contributed by atoms with Crippen molar-refractivity contribution in [1.82, 2.24) is 14.4 Å². The molecule has 1 atom stereocenters. The summed E-state index contributed by atoms with van der Waals surface area (Å²) in [6.07, 6.45) is 4.85. The highest BCUT2D eigenvalue weighted by molar-refractivity contribution is 5.93. The molecular formula is C24H34N4O2. The summed E-state index contributed by atoms with van der Waals surface area (Å²) in [4.78, 5) is 30.0. The first kappa shape index (κ1) is 21.9. The van der Waals surface area contributed by atoms with Crippen LogP contribution in [-0.4, -0.2) is 44.9 Å². The zero-order valence-electron chi connectivity index (χ0n) is 18.8. The first-order valence-electron chi connectivity index (χ1n) is 10.8.